The molecule has 0 fully saturated rings. The number of amides is 2. The summed E-state index contributed by atoms with van der Waals surface area (Å²) in [6.45, 7) is 5.99. The van der Waals surface area contributed by atoms with Crippen molar-refractivity contribution in [2.45, 2.75) is 46.3 Å². The van der Waals surface area contributed by atoms with E-state index in [1.807, 2.05) is 0 Å². The highest BCUT2D eigenvalue weighted by Crippen LogP contribution is 2.24. The average molecular weight is 510 g/mol. The molecule has 1 aromatic heterocycles. The van der Waals surface area contributed by atoms with Gasteiger partial charge in [0.2, 0.25) is 0 Å². The zero-order valence-corrected chi connectivity index (χ0v) is 21.9. The summed E-state index contributed by atoms with van der Waals surface area (Å²) in [6.07, 6.45) is 2.05. The van der Waals surface area contributed by atoms with Gasteiger partial charge >= 0.3 is 0 Å². The molecule has 2 N–H and O–H groups in total. The third kappa shape index (κ3) is 5.62. The van der Waals surface area contributed by atoms with E-state index in [1.54, 1.807) is 62.8 Å². The Labute approximate surface area is 218 Å². The van der Waals surface area contributed by atoms with Crippen molar-refractivity contribution < 1.29 is 36.0 Å². The number of pyridine rings is 1. The van der Waals surface area contributed by atoms with Crippen LogP contribution < -0.4 is 37.1 Å². The molecule has 1 aliphatic rings. The Morgan fingerprint density at radius 1 is 0.806 bits per heavy atom. The van der Waals surface area contributed by atoms with Gasteiger partial charge in [0.1, 0.15) is 18.0 Å². The van der Waals surface area contributed by atoms with Crippen LogP contribution >= 0.6 is 0 Å². The average Bonchev–Trinajstić information content (AvgIpc) is 3.38. The van der Waals surface area contributed by atoms with Crippen LogP contribution in [0, 0.1) is 13.8 Å². The summed E-state index contributed by atoms with van der Waals surface area (Å²) in [5, 5.41) is 6.14. The lowest BCUT2D eigenvalue weighted by molar-refractivity contribution is -0.697. The number of nitrogens with one attached hydrogen (secondary N) is 2. The number of rotatable bonds is 8. The molecule has 0 unspecified atom stereocenters. The van der Waals surface area contributed by atoms with Gasteiger partial charge in [-0.2, -0.15) is 4.57 Å². The second-order valence-corrected chi connectivity index (χ2v) is 8.69. The molecule has 8 heteroatoms. The third-order valence-electron chi connectivity index (χ3n) is 6.77. The van der Waals surface area contributed by atoms with Gasteiger partial charge in [0.05, 0.1) is 14.2 Å². The number of aromatic nitrogens is 1. The minimum Gasteiger partial charge on any atom is -1.00 e. The van der Waals surface area contributed by atoms with E-state index in [0.717, 1.165) is 41.8 Å². The highest BCUT2D eigenvalue weighted by Gasteiger charge is 2.30. The maximum atomic E-state index is 12.8. The first-order valence-corrected chi connectivity index (χ1v) is 11.8. The van der Waals surface area contributed by atoms with Crippen molar-refractivity contribution >= 4 is 11.8 Å². The number of methoxy groups -OCH3 is 2. The van der Waals surface area contributed by atoms with Gasteiger partial charge in [0, 0.05) is 55.1 Å². The fourth-order valence-electron chi connectivity index (χ4n) is 4.71. The molecule has 2 heterocycles. The van der Waals surface area contributed by atoms with Crippen molar-refractivity contribution in [3.8, 4) is 11.5 Å². The molecule has 36 heavy (non-hydrogen) atoms. The molecule has 0 bridgehead atoms. The Bertz CT molecular complexity index is 1240. The van der Waals surface area contributed by atoms with Crippen LogP contribution in [0.2, 0.25) is 0 Å². The van der Waals surface area contributed by atoms with Crippen LogP contribution in [-0.4, -0.2) is 26.0 Å². The molecule has 2 aromatic carbocycles. The summed E-state index contributed by atoms with van der Waals surface area (Å²) in [5.41, 5.74) is 6.93. The molecule has 7 nitrogen and oxygen atoms in total. The van der Waals surface area contributed by atoms with E-state index in [4.69, 9.17) is 9.47 Å². The first-order chi connectivity index (χ1) is 16.9. The quantitative estimate of drug-likeness (QED) is 0.431. The van der Waals surface area contributed by atoms with E-state index in [2.05, 4.69) is 29.0 Å². The summed E-state index contributed by atoms with van der Waals surface area (Å²) < 4.78 is 12.7. The van der Waals surface area contributed by atoms with Crippen molar-refractivity contribution in [2.75, 3.05) is 14.2 Å². The topological polar surface area (TPSA) is 80.5 Å². The van der Waals surface area contributed by atoms with Gasteiger partial charge in [-0.1, -0.05) is 0 Å². The summed E-state index contributed by atoms with van der Waals surface area (Å²) >= 11 is 0. The second kappa shape index (κ2) is 11.9. The predicted molar refractivity (Wildman–Crippen MR) is 133 cm³/mol. The third-order valence-corrected chi connectivity index (χ3v) is 6.77. The molecule has 190 valence electrons. The van der Waals surface area contributed by atoms with Crippen molar-refractivity contribution in [1.29, 1.82) is 0 Å². The number of hydrogen-bond acceptors (Lipinski definition) is 4. The fraction of sp³-hybridized carbons (Fsp3) is 0.321. The molecular weight excluding hydrogens is 478 g/mol. The lowest BCUT2D eigenvalue weighted by Crippen LogP contribution is -3.00. The van der Waals surface area contributed by atoms with Gasteiger partial charge < -0.3 is 32.5 Å². The first-order valence-electron chi connectivity index (χ1n) is 11.8. The van der Waals surface area contributed by atoms with E-state index in [-0.39, 0.29) is 24.2 Å². The molecule has 0 radical (unpaired) electrons. The highest BCUT2D eigenvalue weighted by atomic mass is 35.5. The Balaban J connectivity index is 0.00000361. The van der Waals surface area contributed by atoms with Crippen LogP contribution in [0.25, 0.3) is 0 Å². The van der Waals surface area contributed by atoms with E-state index < -0.39 is 0 Å². The zero-order valence-electron chi connectivity index (χ0n) is 21.1. The Hall–Kier alpha value is -3.58. The molecule has 0 spiro atoms. The zero-order chi connectivity index (χ0) is 24.9. The van der Waals surface area contributed by atoms with E-state index in [0.29, 0.717) is 35.7 Å². The first kappa shape index (κ1) is 27.0. The number of halogens is 1. The number of fused-ring (bicyclic) bond motifs is 1. The van der Waals surface area contributed by atoms with Crippen LogP contribution in [0.1, 0.15) is 55.2 Å². The van der Waals surface area contributed by atoms with Gasteiger partial charge in [-0.15, -0.1) is 0 Å². The van der Waals surface area contributed by atoms with Crippen molar-refractivity contribution in [1.82, 2.24) is 10.6 Å². The largest absolute Gasteiger partial charge is 1.00 e. The number of carbonyl (C=O) groups excluding carboxylic acids is 2. The van der Waals surface area contributed by atoms with E-state index in [9.17, 15) is 9.59 Å². The molecule has 0 saturated carbocycles. The number of nitrogens with zero attached hydrogens (tertiary/aromatic N) is 1. The SMILES string of the molecule is COc1ccc(C(=O)NCc2c(C)c(CNC(=O)c3ccc(OC)cc3)c3[n+](c2C)CCC3)cc1.[Cl-]. The Morgan fingerprint density at radius 3 is 1.75 bits per heavy atom. The van der Waals surface area contributed by atoms with E-state index >= 15 is 0 Å². The van der Waals surface area contributed by atoms with Gasteiger partial charge in [0.15, 0.2) is 11.4 Å². The highest BCUT2D eigenvalue weighted by molar-refractivity contribution is 5.94. The molecule has 1 aliphatic heterocycles. The smallest absolute Gasteiger partial charge is 0.251 e. The standard InChI is InChI=1S/C28H31N3O4.ClH/c1-18-24(16-29-27(32)20-7-11-22(34-3)12-8-20)19(2)31-15-5-6-26(31)25(18)17-30-28(33)21-9-13-23(35-4)14-10-21;/h7-14H,5-6,15-17H2,1-4H3,(H-,29,30,32,33);1H. The predicted octanol–water partition coefficient (Wildman–Crippen LogP) is 0.418. The van der Waals surface area contributed by atoms with E-state index in [1.165, 1.54) is 5.69 Å². The van der Waals surface area contributed by atoms with Crippen LogP contribution in [0.4, 0.5) is 0 Å². The van der Waals surface area contributed by atoms with Crippen LogP contribution in [-0.2, 0) is 26.1 Å². The molecular formula is C28H32ClN3O4. The normalized spacial score (nSPS) is 11.8. The fourth-order valence-corrected chi connectivity index (χ4v) is 4.71. The molecule has 0 aliphatic carbocycles. The number of hydrogen-bond donors (Lipinski definition) is 2. The second-order valence-electron chi connectivity index (χ2n) is 8.69. The van der Waals surface area contributed by atoms with Gasteiger partial charge in [-0.05, 0) is 61.0 Å². The molecule has 4 rings (SSSR count). The molecule has 0 saturated heterocycles. The Kier molecular flexibility index (Phi) is 8.93. The van der Waals surface area contributed by atoms with Crippen molar-refractivity contribution in [2.24, 2.45) is 0 Å². The summed E-state index contributed by atoms with van der Waals surface area (Å²) in [5.74, 6) is 1.17. The van der Waals surface area contributed by atoms with Crippen LogP contribution in [0.3, 0.4) is 0 Å². The van der Waals surface area contributed by atoms with Crippen molar-refractivity contribution in [3.05, 3.63) is 87.7 Å². The minimum atomic E-state index is -0.133. The van der Waals surface area contributed by atoms with Crippen LogP contribution in [0.15, 0.2) is 48.5 Å². The molecule has 0 atom stereocenters. The molecule has 3 aromatic rings. The Morgan fingerprint density at radius 2 is 1.28 bits per heavy atom. The maximum Gasteiger partial charge on any atom is 0.251 e. The summed E-state index contributed by atoms with van der Waals surface area (Å²) in [6, 6.07) is 14.1. The number of ether oxygens (including phenoxy) is 2. The summed E-state index contributed by atoms with van der Waals surface area (Å²) in [7, 11) is 3.20. The van der Waals surface area contributed by atoms with Crippen LogP contribution in [0.5, 0.6) is 11.5 Å². The lowest BCUT2D eigenvalue weighted by atomic mass is 9.98. The number of carbonyl (C=O) groups is 2. The van der Waals surface area contributed by atoms with Gasteiger partial charge in [0.25, 0.3) is 11.8 Å². The minimum absolute atomic E-state index is 0. The van der Waals surface area contributed by atoms with Gasteiger partial charge in [-0.25, -0.2) is 0 Å². The molecule has 2 amide bonds. The van der Waals surface area contributed by atoms with Crippen molar-refractivity contribution in [3.63, 3.8) is 0 Å². The van der Waals surface area contributed by atoms with Gasteiger partial charge in [-0.3, -0.25) is 9.59 Å². The maximum absolute atomic E-state index is 12.8. The summed E-state index contributed by atoms with van der Waals surface area (Å²) in [4.78, 5) is 25.5. The number of benzene rings is 2. The monoisotopic (exact) mass is 509 g/mol. The lowest BCUT2D eigenvalue weighted by Gasteiger charge is -2.16.